The molecule has 1 amide bonds. The SMILES string of the molecule is Nc1cc(C#CCNC(=O)OCc2ccccc2)c[nH]c1=O. The fourth-order valence-corrected chi connectivity index (χ4v) is 1.61. The summed E-state index contributed by atoms with van der Waals surface area (Å²) in [5.41, 5.74) is 6.69. The van der Waals surface area contributed by atoms with Gasteiger partial charge in [0.1, 0.15) is 6.61 Å². The zero-order valence-corrected chi connectivity index (χ0v) is 11.8. The third-order valence-electron chi connectivity index (χ3n) is 2.70. The van der Waals surface area contributed by atoms with Crippen LogP contribution in [-0.4, -0.2) is 17.6 Å². The number of hydrogen-bond acceptors (Lipinski definition) is 4. The highest BCUT2D eigenvalue weighted by Crippen LogP contribution is 2.00. The number of nitrogen functional groups attached to an aromatic ring is 1. The number of nitrogens with two attached hydrogens (primary N) is 1. The number of ether oxygens (including phenoxy) is 1. The third kappa shape index (κ3) is 4.72. The Hall–Kier alpha value is -3.20. The Morgan fingerprint density at radius 2 is 2.09 bits per heavy atom. The van der Waals surface area contributed by atoms with E-state index in [2.05, 4.69) is 22.1 Å². The number of aromatic amines is 1. The third-order valence-corrected chi connectivity index (χ3v) is 2.70. The van der Waals surface area contributed by atoms with Crippen molar-refractivity contribution in [3.8, 4) is 11.8 Å². The zero-order valence-electron chi connectivity index (χ0n) is 11.8. The summed E-state index contributed by atoms with van der Waals surface area (Å²) in [5, 5.41) is 2.51. The van der Waals surface area contributed by atoms with Gasteiger partial charge in [-0.1, -0.05) is 42.2 Å². The van der Waals surface area contributed by atoms with E-state index in [-0.39, 0.29) is 24.4 Å². The first-order valence-electron chi connectivity index (χ1n) is 6.57. The molecule has 112 valence electrons. The lowest BCUT2D eigenvalue weighted by atomic mass is 10.2. The summed E-state index contributed by atoms with van der Waals surface area (Å²) in [6, 6.07) is 10.8. The van der Waals surface area contributed by atoms with E-state index in [1.807, 2.05) is 30.3 Å². The molecule has 0 bridgehead atoms. The highest BCUT2D eigenvalue weighted by Gasteiger charge is 2.00. The van der Waals surface area contributed by atoms with Crippen molar-refractivity contribution in [2.75, 3.05) is 12.3 Å². The van der Waals surface area contributed by atoms with Crippen molar-refractivity contribution in [1.82, 2.24) is 10.3 Å². The van der Waals surface area contributed by atoms with Crippen molar-refractivity contribution in [1.29, 1.82) is 0 Å². The van der Waals surface area contributed by atoms with Crippen molar-refractivity contribution in [2.24, 2.45) is 0 Å². The molecule has 0 fully saturated rings. The molecule has 0 saturated heterocycles. The normalized spacial score (nSPS) is 9.45. The summed E-state index contributed by atoms with van der Waals surface area (Å²) in [7, 11) is 0. The van der Waals surface area contributed by atoms with E-state index in [0.717, 1.165) is 5.56 Å². The van der Waals surface area contributed by atoms with Crippen molar-refractivity contribution < 1.29 is 9.53 Å². The average Bonchev–Trinajstić information content (AvgIpc) is 2.54. The number of amides is 1. The van der Waals surface area contributed by atoms with E-state index in [1.165, 1.54) is 12.3 Å². The summed E-state index contributed by atoms with van der Waals surface area (Å²) >= 11 is 0. The quantitative estimate of drug-likeness (QED) is 0.742. The minimum absolute atomic E-state index is 0.0991. The molecule has 0 aliphatic rings. The second-order valence-electron chi connectivity index (χ2n) is 4.39. The van der Waals surface area contributed by atoms with E-state index >= 15 is 0 Å². The van der Waals surface area contributed by atoms with Crippen LogP contribution in [0, 0.1) is 11.8 Å². The number of nitrogens with one attached hydrogen (secondary N) is 2. The Kier molecular flexibility index (Phi) is 5.21. The van der Waals surface area contributed by atoms with Crippen LogP contribution in [0.2, 0.25) is 0 Å². The summed E-state index contributed by atoms with van der Waals surface area (Å²) in [5.74, 6) is 5.51. The average molecular weight is 297 g/mol. The molecule has 0 aliphatic heterocycles. The fraction of sp³-hybridized carbons (Fsp3) is 0.125. The van der Waals surface area contributed by atoms with Gasteiger partial charge in [-0.15, -0.1) is 0 Å². The molecule has 0 radical (unpaired) electrons. The fourth-order valence-electron chi connectivity index (χ4n) is 1.61. The highest BCUT2D eigenvalue weighted by molar-refractivity contribution is 5.67. The number of H-pyrrole nitrogens is 1. The van der Waals surface area contributed by atoms with Crippen LogP contribution in [0.15, 0.2) is 47.4 Å². The topological polar surface area (TPSA) is 97.2 Å². The van der Waals surface area contributed by atoms with Gasteiger partial charge in [0.25, 0.3) is 5.56 Å². The smallest absolute Gasteiger partial charge is 0.408 e. The van der Waals surface area contributed by atoms with Crippen molar-refractivity contribution >= 4 is 11.8 Å². The van der Waals surface area contributed by atoms with Crippen LogP contribution in [0.3, 0.4) is 0 Å². The monoisotopic (exact) mass is 297 g/mol. The molecule has 1 heterocycles. The van der Waals surface area contributed by atoms with Gasteiger partial charge in [-0.05, 0) is 11.6 Å². The van der Waals surface area contributed by atoms with E-state index in [9.17, 15) is 9.59 Å². The van der Waals surface area contributed by atoms with Crippen LogP contribution in [0.25, 0.3) is 0 Å². The standard InChI is InChI=1S/C16H15N3O3/c17-14-9-13(10-19-15(14)20)7-4-8-18-16(21)22-11-12-5-2-1-3-6-12/h1-3,5-6,9-10H,8,11,17H2,(H,18,21)(H,19,20). The first-order valence-corrected chi connectivity index (χ1v) is 6.57. The molecule has 0 saturated carbocycles. The summed E-state index contributed by atoms with van der Waals surface area (Å²) in [6.07, 6.45) is 0.915. The van der Waals surface area contributed by atoms with Crippen LogP contribution >= 0.6 is 0 Å². The number of hydrogen-bond donors (Lipinski definition) is 3. The van der Waals surface area contributed by atoms with Gasteiger partial charge in [0.2, 0.25) is 0 Å². The van der Waals surface area contributed by atoms with Crippen LogP contribution in [0.4, 0.5) is 10.5 Å². The Labute approximate surface area is 127 Å². The molecule has 22 heavy (non-hydrogen) atoms. The van der Waals surface area contributed by atoms with Gasteiger partial charge >= 0.3 is 6.09 Å². The molecular weight excluding hydrogens is 282 g/mol. The number of carbonyl (C=O) groups excluding carboxylic acids is 1. The Bertz CT molecular complexity index is 757. The lowest BCUT2D eigenvalue weighted by molar-refractivity contribution is 0.141. The van der Waals surface area contributed by atoms with Gasteiger partial charge in [0.05, 0.1) is 12.2 Å². The molecule has 2 aromatic rings. The second-order valence-corrected chi connectivity index (χ2v) is 4.39. The largest absolute Gasteiger partial charge is 0.445 e. The van der Waals surface area contributed by atoms with Gasteiger partial charge in [-0.2, -0.15) is 0 Å². The number of anilines is 1. The summed E-state index contributed by atoms with van der Waals surface area (Å²) in [4.78, 5) is 25.0. The number of aromatic nitrogens is 1. The predicted octanol–water partition coefficient (Wildman–Crippen LogP) is 1.23. The molecular formula is C16H15N3O3. The van der Waals surface area contributed by atoms with E-state index in [4.69, 9.17) is 10.5 Å². The molecule has 0 spiro atoms. The number of carbonyl (C=O) groups is 1. The van der Waals surface area contributed by atoms with Gasteiger partial charge < -0.3 is 20.8 Å². The highest BCUT2D eigenvalue weighted by atomic mass is 16.5. The van der Waals surface area contributed by atoms with Crippen molar-refractivity contribution in [3.63, 3.8) is 0 Å². The lowest BCUT2D eigenvalue weighted by Crippen LogP contribution is -2.24. The van der Waals surface area contributed by atoms with Gasteiger partial charge in [-0.3, -0.25) is 4.79 Å². The summed E-state index contributed by atoms with van der Waals surface area (Å²) < 4.78 is 5.03. The first-order chi connectivity index (χ1) is 10.6. The zero-order chi connectivity index (χ0) is 15.8. The molecule has 0 unspecified atom stereocenters. The lowest BCUT2D eigenvalue weighted by Gasteiger charge is -2.04. The Morgan fingerprint density at radius 1 is 1.32 bits per heavy atom. The molecule has 1 aromatic carbocycles. The van der Waals surface area contributed by atoms with E-state index in [0.29, 0.717) is 5.56 Å². The van der Waals surface area contributed by atoms with Crippen molar-refractivity contribution in [3.05, 3.63) is 64.1 Å². The predicted molar refractivity (Wildman–Crippen MR) is 83.0 cm³/mol. The van der Waals surface area contributed by atoms with Crippen LogP contribution in [-0.2, 0) is 11.3 Å². The number of alkyl carbamates (subject to hydrolysis) is 1. The van der Waals surface area contributed by atoms with Crippen LogP contribution in [0.5, 0.6) is 0 Å². The summed E-state index contributed by atoms with van der Waals surface area (Å²) in [6.45, 7) is 0.337. The molecule has 0 atom stereocenters. The van der Waals surface area contributed by atoms with E-state index < -0.39 is 6.09 Å². The first kappa shape index (κ1) is 15.2. The number of benzene rings is 1. The van der Waals surface area contributed by atoms with Crippen molar-refractivity contribution in [2.45, 2.75) is 6.61 Å². The number of pyridine rings is 1. The van der Waals surface area contributed by atoms with E-state index in [1.54, 1.807) is 0 Å². The van der Waals surface area contributed by atoms with Gasteiger partial charge in [-0.25, -0.2) is 4.79 Å². The Balaban J connectivity index is 1.76. The molecule has 0 aliphatic carbocycles. The maximum Gasteiger partial charge on any atom is 0.408 e. The molecule has 1 aromatic heterocycles. The minimum Gasteiger partial charge on any atom is -0.445 e. The maximum absolute atomic E-state index is 11.5. The van der Waals surface area contributed by atoms with Crippen LogP contribution < -0.4 is 16.6 Å². The minimum atomic E-state index is -0.542. The molecule has 4 N–H and O–H groups in total. The number of rotatable bonds is 3. The Morgan fingerprint density at radius 3 is 2.82 bits per heavy atom. The second kappa shape index (κ2) is 7.55. The molecule has 6 nitrogen and oxygen atoms in total. The van der Waals surface area contributed by atoms with Gasteiger partial charge in [0.15, 0.2) is 0 Å². The molecule has 6 heteroatoms. The maximum atomic E-state index is 11.5. The van der Waals surface area contributed by atoms with Gasteiger partial charge in [0, 0.05) is 11.8 Å². The molecule has 2 rings (SSSR count). The van der Waals surface area contributed by atoms with Crippen LogP contribution in [0.1, 0.15) is 11.1 Å².